The Bertz CT molecular complexity index is 1280. The third-order valence-electron chi connectivity index (χ3n) is 4.27. The van der Waals surface area contributed by atoms with Crippen molar-refractivity contribution in [2.75, 3.05) is 5.32 Å². The van der Waals surface area contributed by atoms with E-state index in [4.69, 9.17) is 11.6 Å². The van der Waals surface area contributed by atoms with Crippen LogP contribution in [0.3, 0.4) is 0 Å². The number of aromatic nitrogens is 5. The fraction of sp³-hybridized carbons (Fsp3) is 0. The summed E-state index contributed by atoms with van der Waals surface area (Å²) in [5.41, 5.74) is 1.74. The number of benzene rings is 2. The van der Waals surface area contributed by atoms with Crippen molar-refractivity contribution < 1.29 is 0 Å². The SMILES string of the molecule is Clc1ccn2ncnc(Sc3ccc(Nc4nncc5ccccc45)cc3)c12. The number of halogens is 1. The first-order valence-corrected chi connectivity index (χ1v) is 9.70. The van der Waals surface area contributed by atoms with E-state index in [0.717, 1.165) is 37.7 Å². The fourth-order valence-corrected chi connectivity index (χ4v) is 4.12. The number of nitrogens with one attached hydrogen (secondary N) is 1. The fourth-order valence-electron chi connectivity index (χ4n) is 2.94. The van der Waals surface area contributed by atoms with E-state index in [1.807, 2.05) is 60.8 Å². The standard InChI is InChI=1S/C20H13ClN6S/c21-17-9-10-27-18(17)20(22-12-24-27)28-15-7-5-14(6-8-15)25-19-16-4-2-1-3-13(16)11-23-26-19/h1-12H,(H,25,26). The second kappa shape index (κ2) is 7.10. The van der Waals surface area contributed by atoms with Crippen molar-refractivity contribution in [3.8, 4) is 0 Å². The Morgan fingerprint density at radius 2 is 1.86 bits per heavy atom. The summed E-state index contributed by atoms with van der Waals surface area (Å²) in [6.07, 6.45) is 5.11. The minimum atomic E-state index is 0.635. The van der Waals surface area contributed by atoms with Gasteiger partial charge < -0.3 is 5.32 Å². The molecule has 3 aromatic heterocycles. The lowest BCUT2D eigenvalue weighted by atomic mass is 10.2. The molecule has 0 aliphatic carbocycles. The van der Waals surface area contributed by atoms with E-state index in [1.165, 1.54) is 6.33 Å². The summed E-state index contributed by atoms with van der Waals surface area (Å²) in [6, 6.07) is 17.9. The molecule has 0 unspecified atom stereocenters. The van der Waals surface area contributed by atoms with Crippen LogP contribution in [0.25, 0.3) is 16.3 Å². The largest absolute Gasteiger partial charge is 0.338 e. The Balaban J connectivity index is 1.40. The lowest BCUT2D eigenvalue weighted by Crippen LogP contribution is -1.96. The van der Waals surface area contributed by atoms with E-state index in [-0.39, 0.29) is 0 Å². The molecule has 5 rings (SSSR count). The van der Waals surface area contributed by atoms with Crippen molar-refractivity contribution in [3.63, 3.8) is 0 Å². The molecule has 0 aliphatic heterocycles. The molecular weight excluding hydrogens is 392 g/mol. The maximum absolute atomic E-state index is 6.27. The monoisotopic (exact) mass is 404 g/mol. The average molecular weight is 405 g/mol. The van der Waals surface area contributed by atoms with Crippen molar-refractivity contribution in [1.29, 1.82) is 0 Å². The third-order valence-corrected chi connectivity index (χ3v) is 5.58. The van der Waals surface area contributed by atoms with E-state index >= 15 is 0 Å². The molecule has 0 bridgehead atoms. The zero-order valence-corrected chi connectivity index (χ0v) is 16.0. The summed E-state index contributed by atoms with van der Waals surface area (Å²) in [6.45, 7) is 0. The predicted octanol–water partition coefficient (Wildman–Crippen LogP) is 5.22. The number of hydrogen-bond donors (Lipinski definition) is 1. The second-order valence-electron chi connectivity index (χ2n) is 6.05. The summed E-state index contributed by atoms with van der Waals surface area (Å²) >= 11 is 7.81. The van der Waals surface area contributed by atoms with Crippen molar-refractivity contribution in [2.45, 2.75) is 9.92 Å². The van der Waals surface area contributed by atoms with Crippen LogP contribution in [0, 0.1) is 0 Å². The lowest BCUT2D eigenvalue weighted by Gasteiger charge is -2.09. The van der Waals surface area contributed by atoms with Gasteiger partial charge in [0.05, 0.1) is 11.2 Å². The van der Waals surface area contributed by atoms with Gasteiger partial charge in [0.25, 0.3) is 0 Å². The van der Waals surface area contributed by atoms with Gasteiger partial charge in [-0.05, 0) is 30.3 Å². The molecule has 0 aliphatic rings. The van der Waals surface area contributed by atoms with Crippen LogP contribution in [0.2, 0.25) is 5.02 Å². The minimum absolute atomic E-state index is 0.635. The highest BCUT2D eigenvalue weighted by atomic mass is 35.5. The average Bonchev–Trinajstić information content (AvgIpc) is 3.12. The Morgan fingerprint density at radius 1 is 1.00 bits per heavy atom. The molecule has 28 heavy (non-hydrogen) atoms. The molecule has 1 N–H and O–H groups in total. The van der Waals surface area contributed by atoms with Crippen LogP contribution < -0.4 is 5.32 Å². The molecule has 3 heterocycles. The summed E-state index contributed by atoms with van der Waals surface area (Å²) in [7, 11) is 0. The summed E-state index contributed by atoms with van der Waals surface area (Å²) < 4.78 is 1.73. The maximum atomic E-state index is 6.27. The van der Waals surface area contributed by atoms with Crippen LogP contribution in [-0.2, 0) is 0 Å². The van der Waals surface area contributed by atoms with Crippen LogP contribution in [0.5, 0.6) is 0 Å². The molecular formula is C20H13ClN6S. The zero-order valence-electron chi connectivity index (χ0n) is 14.5. The van der Waals surface area contributed by atoms with Crippen LogP contribution in [0.4, 0.5) is 11.5 Å². The maximum Gasteiger partial charge on any atom is 0.160 e. The quantitative estimate of drug-likeness (QED) is 0.443. The number of rotatable bonds is 4. The van der Waals surface area contributed by atoms with Gasteiger partial charge in [-0.15, -0.1) is 5.10 Å². The van der Waals surface area contributed by atoms with Gasteiger partial charge in [-0.3, -0.25) is 0 Å². The summed E-state index contributed by atoms with van der Waals surface area (Å²) in [5, 5.41) is 19.3. The van der Waals surface area contributed by atoms with Gasteiger partial charge in [0.15, 0.2) is 5.82 Å². The first-order valence-electron chi connectivity index (χ1n) is 8.51. The molecule has 0 spiro atoms. The molecule has 0 fully saturated rings. The molecule has 8 heteroatoms. The molecule has 6 nitrogen and oxygen atoms in total. The predicted molar refractivity (Wildman–Crippen MR) is 111 cm³/mol. The van der Waals surface area contributed by atoms with Gasteiger partial charge in [0.1, 0.15) is 16.9 Å². The van der Waals surface area contributed by atoms with Gasteiger partial charge in [0.2, 0.25) is 0 Å². The highest BCUT2D eigenvalue weighted by molar-refractivity contribution is 7.99. The summed E-state index contributed by atoms with van der Waals surface area (Å²) in [4.78, 5) is 5.42. The van der Waals surface area contributed by atoms with Crippen LogP contribution in [0.1, 0.15) is 0 Å². The number of anilines is 2. The molecule has 136 valence electrons. The van der Waals surface area contributed by atoms with Gasteiger partial charge in [-0.25, -0.2) is 9.50 Å². The van der Waals surface area contributed by atoms with Crippen LogP contribution >= 0.6 is 23.4 Å². The number of hydrogen-bond acceptors (Lipinski definition) is 6. The Kier molecular flexibility index (Phi) is 4.31. The van der Waals surface area contributed by atoms with Crippen LogP contribution in [-0.4, -0.2) is 24.8 Å². The molecule has 5 aromatic rings. The minimum Gasteiger partial charge on any atom is -0.338 e. The first-order chi connectivity index (χ1) is 13.8. The van der Waals surface area contributed by atoms with E-state index in [9.17, 15) is 0 Å². The highest BCUT2D eigenvalue weighted by Gasteiger charge is 2.10. The van der Waals surface area contributed by atoms with Gasteiger partial charge in [0, 0.05) is 27.6 Å². The van der Waals surface area contributed by atoms with Crippen molar-refractivity contribution >= 4 is 51.2 Å². The third kappa shape index (κ3) is 3.15. The molecule has 0 atom stereocenters. The Hall–Kier alpha value is -3.16. The first kappa shape index (κ1) is 17.0. The van der Waals surface area contributed by atoms with Crippen molar-refractivity contribution in [2.24, 2.45) is 0 Å². The van der Waals surface area contributed by atoms with E-state index < -0.39 is 0 Å². The molecule has 2 aromatic carbocycles. The van der Waals surface area contributed by atoms with Gasteiger partial charge in [-0.1, -0.05) is 47.6 Å². The molecule has 0 saturated carbocycles. The Morgan fingerprint density at radius 3 is 2.75 bits per heavy atom. The molecule has 0 radical (unpaired) electrons. The molecule has 0 amide bonds. The normalized spacial score (nSPS) is 11.2. The topological polar surface area (TPSA) is 68.0 Å². The highest BCUT2D eigenvalue weighted by Crippen LogP contribution is 2.33. The smallest absolute Gasteiger partial charge is 0.160 e. The van der Waals surface area contributed by atoms with Crippen molar-refractivity contribution in [1.82, 2.24) is 24.8 Å². The zero-order chi connectivity index (χ0) is 18.9. The number of fused-ring (bicyclic) bond motifs is 2. The second-order valence-corrected chi connectivity index (χ2v) is 7.52. The summed E-state index contributed by atoms with van der Waals surface area (Å²) in [5.74, 6) is 0.732. The lowest BCUT2D eigenvalue weighted by molar-refractivity contribution is 0.865. The van der Waals surface area contributed by atoms with Gasteiger partial charge >= 0.3 is 0 Å². The van der Waals surface area contributed by atoms with E-state index in [1.54, 1.807) is 22.5 Å². The van der Waals surface area contributed by atoms with Gasteiger partial charge in [-0.2, -0.15) is 10.2 Å². The number of nitrogens with zero attached hydrogens (tertiary/aromatic N) is 5. The Labute approximate surface area is 169 Å². The van der Waals surface area contributed by atoms with Crippen LogP contribution in [0.15, 0.2) is 83.2 Å². The van der Waals surface area contributed by atoms with Crippen molar-refractivity contribution in [3.05, 3.63) is 78.3 Å². The molecule has 0 saturated heterocycles. The van der Waals surface area contributed by atoms with E-state index in [0.29, 0.717) is 5.02 Å². The van der Waals surface area contributed by atoms with E-state index in [2.05, 4.69) is 25.6 Å².